The Bertz CT molecular complexity index is 461. The van der Waals surface area contributed by atoms with Gasteiger partial charge in [-0.3, -0.25) is 4.79 Å². The van der Waals surface area contributed by atoms with E-state index >= 15 is 0 Å². The van der Waals surface area contributed by atoms with Crippen LogP contribution in [0.4, 0.5) is 0 Å². The minimum absolute atomic E-state index is 0.109. The molecule has 3 rings (SSSR count). The van der Waals surface area contributed by atoms with E-state index in [9.17, 15) is 4.79 Å². The molecule has 1 aromatic heterocycles. The lowest BCUT2D eigenvalue weighted by Crippen LogP contribution is -2.50. The van der Waals surface area contributed by atoms with Gasteiger partial charge in [0.05, 0.1) is 0 Å². The lowest BCUT2D eigenvalue weighted by atomic mass is 9.89. The number of hydrogen-bond donors (Lipinski definition) is 1. The predicted molar refractivity (Wildman–Crippen MR) is 66.3 cm³/mol. The summed E-state index contributed by atoms with van der Waals surface area (Å²) in [6, 6.07) is 0. The quantitative estimate of drug-likeness (QED) is 0.884. The van der Waals surface area contributed by atoms with E-state index in [2.05, 4.69) is 15.5 Å². The van der Waals surface area contributed by atoms with E-state index < -0.39 is 5.54 Å². The first-order valence-electron chi connectivity index (χ1n) is 6.96. The van der Waals surface area contributed by atoms with Crippen molar-refractivity contribution >= 4 is 5.91 Å². The third-order valence-corrected chi connectivity index (χ3v) is 3.85. The molecule has 104 valence electrons. The van der Waals surface area contributed by atoms with Crippen molar-refractivity contribution in [2.45, 2.75) is 44.6 Å². The van der Waals surface area contributed by atoms with Crippen LogP contribution in [0.25, 0.3) is 0 Å². The molecule has 0 aromatic carbocycles. The van der Waals surface area contributed by atoms with E-state index in [4.69, 9.17) is 9.26 Å². The van der Waals surface area contributed by atoms with Crippen LogP contribution in [-0.2, 0) is 21.5 Å². The van der Waals surface area contributed by atoms with E-state index in [-0.39, 0.29) is 11.8 Å². The van der Waals surface area contributed by atoms with Gasteiger partial charge in [-0.05, 0) is 12.8 Å². The summed E-state index contributed by atoms with van der Waals surface area (Å²) in [6.07, 6.45) is 4.09. The summed E-state index contributed by atoms with van der Waals surface area (Å²) in [5, 5.41) is 7.08. The lowest BCUT2D eigenvalue weighted by molar-refractivity contribution is -0.126. The molecule has 1 saturated heterocycles. The van der Waals surface area contributed by atoms with Crippen molar-refractivity contribution in [2.75, 3.05) is 13.2 Å². The molecule has 0 radical (unpaired) electrons. The molecule has 1 amide bonds. The second-order valence-corrected chi connectivity index (χ2v) is 5.33. The fourth-order valence-corrected chi connectivity index (χ4v) is 2.39. The molecule has 1 aliphatic carbocycles. The van der Waals surface area contributed by atoms with Crippen LogP contribution in [0.15, 0.2) is 4.52 Å². The van der Waals surface area contributed by atoms with Gasteiger partial charge in [0.25, 0.3) is 5.89 Å². The Labute approximate surface area is 111 Å². The first kappa shape index (κ1) is 12.6. The predicted octanol–water partition coefficient (Wildman–Crippen LogP) is 1.16. The second kappa shape index (κ2) is 4.92. The molecule has 2 aliphatic rings. The molecule has 1 saturated carbocycles. The number of hydrogen-bond acceptors (Lipinski definition) is 5. The summed E-state index contributed by atoms with van der Waals surface area (Å²) in [7, 11) is 0. The molecule has 0 spiro atoms. The van der Waals surface area contributed by atoms with E-state index in [1.165, 1.54) is 0 Å². The van der Waals surface area contributed by atoms with Crippen molar-refractivity contribution < 1.29 is 14.1 Å². The molecule has 6 heteroatoms. The first-order valence-corrected chi connectivity index (χ1v) is 6.96. The minimum atomic E-state index is -0.529. The van der Waals surface area contributed by atoms with Crippen molar-refractivity contribution in [2.24, 2.45) is 5.92 Å². The van der Waals surface area contributed by atoms with Crippen LogP contribution in [0.2, 0.25) is 0 Å². The minimum Gasteiger partial charge on any atom is -0.381 e. The Morgan fingerprint density at radius 3 is 2.74 bits per heavy atom. The zero-order valence-electron chi connectivity index (χ0n) is 11.1. The van der Waals surface area contributed by atoms with Crippen molar-refractivity contribution in [1.82, 2.24) is 15.5 Å². The summed E-state index contributed by atoms with van der Waals surface area (Å²) in [4.78, 5) is 16.5. The SMILES string of the molecule is CCc1noc(C2(NC(=O)C3CC3)CCOCC2)n1. The molecule has 1 aromatic rings. The molecule has 6 nitrogen and oxygen atoms in total. The maximum Gasteiger partial charge on any atom is 0.252 e. The number of aryl methyl sites for hydroxylation is 1. The Balaban J connectivity index is 1.84. The number of rotatable bonds is 4. The summed E-state index contributed by atoms with van der Waals surface area (Å²) in [6.45, 7) is 3.19. The van der Waals surface area contributed by atoms with E-state index in [0.29, 0.717) is 37.8 Å². The first-order chi connectivity index (χ1) is 9.23. The third-order valence-electron chi connectivity index (χ3n) is 3.85. The summed E-state index contributed by atoms with van der Waals surface area (Å²) >= 11 is 0. The number of nitrogens with one attached hydrogen (secondary N) is 1. The van der Waals surface area contributed by atoms with Crippen molar-refractivity contribution in [3.63, 3.8) is 0 Å². The fourth-order valence-electron chi connectivity index (χ4n) is 2.39. The molecule has 19 heavy (non-hydrogen) atoms. The van der Waals surface area contributed by atoms with Gasteiger partial charge in [0.2, 0.25) is 5.91 Å². The van der Waals surface area contributed by atoms with Crippen LogP contribution in [0, 0.1) is 5.92 Å². The maximum atomic E-state index is 12.1. The summed E-state index contributed by atoms with van der Waals surface area (Å²) in [5.74, 6) is 1.50. The van der Waals surface area contributed by atoms with E-state index in [1.54, 1.807) is 0 Å². The smallest absolute Gasteiger partial charge is 0.252 e. The topological polar surface area (TPSA) is 77.2 Å². The highest BCUT2D eigenvalue weighted by molar-refractivity contribution is 5.81. The number of nitrogens with zero attached hydrogens (tertiary/aromatic N) is 2. The molecule has 2 heterocycles. The second-order valence-electron chi connectivity index (χ2n) is 5.33. The monoisotopic (exact) mass is 265 g/mol. The highest BCUT2D eigenvalue weighted by Gasteiger charge is 2.43. The summed E-state index contributed by atoms with van der Waals surface area (Å²) in [5.41, 5.74) is -0.529. The highest BCUT2D eigenvalue weighted by Crippen LogP contribution is 2.35. The van der Waals surface area contributed by atoms with E-state index in [1.807, 2.05) is 6.92 Å². The zero-order valence-corrected chi connectivity index (χ0v) is 11.1. The van der Waals surface area contributed by atoms with Gasteiger partial charge < -0.3 is 14.6 Å². The molecule has 1 N–H and O–H groups in total. The van der Waals surface area contributed by atoms with E-state index in [0.717, 1.165) is 19.3 Å². The molecule has 0 atom stereocenters. The van der Waals surface area contributed by atoms with Gasteiger partial charge in [-0.1, -0.05) is 12.1 Å². The van der Waals surface area contributed by atoms with Crippen LogP contribution in [-0.4, -0.2) is 29.3 Å². The third kappa shape index (κ3) is 2.49. The standard InChI is InChI=1S/C13H19N3O3/c1-2-10-14-12(19-16-10)13(5-7-18-8-6-13)15-11(17)9-3-4-9/h9H,2-8H2,1H3,(H,15,17). The van der Waals surface area contributed by atoms with Gasteiger partial charge in [-0.25, -0.2) is 0 Å². The number of aromatic nitrogens is 2. The van der Waals surface area contributed by atoms with Crippen molar-refractivity contribution in [1.29, 1.82) is 0 Å². The average Bonchev–Trinajstić information content (AvgIpc) is 3.17. The van der Waals surface area contributed by atoms with Crippen molar-refractivity contribution in [3.8, 4) is 0 Å². The highest BCUT2D eigenvalue weighted by atomic mass is 16.5. The Morgan fingerprint density at radius 1 is 1.42 bits per heavy atom. The van der Waals surface area contributed by atoms with Gasteiger partial charge in [-0.2, -0.15) is 4.98 Å². The maximum absolute atomic E-state index is 12.1. The number of carbonyl (C=O) groups is 1. The average molecular weight is 265 g/mol. The van der Waals surface area contributed by atoms with Gasteiger partial charge in [0.15, 0.2) is 5.82 Å². The van der Waals surface area contributed by atoms with Crippen LogP contribution in [0.5, 0.6) is 0 Å². The fraction of sp³-hybridized carbons (Fsp3) is 0.769. The number of amides is 1. The van der Waals surface area contributed by atoms with Crippen molar-refractivity contribution in [3.05, 3.63) is 11.7 Å². The Kier molecular flexibility index (Phi) is 3.26. The van der Waals surface area contributed by atoms with Crippen LogP contribution in [0.3, 0.4) is 0 Å². The molecular weight excluding hydrogens is 246 g/mol. The van der Waals surface area contributed by atoms with Crippen LogP contribution in [0.1, 0.15) is 44.3 Å². The number of ether oxygens (including phenoxy) is 1. The zero-order chi connectivity index (χ0) is 13.3. The summed E-state index contributed by atoms with van der Waals surface area (Å²) < 4.78 is 10.8. The van der Waals surface area contributed by atoms with Gasteiger partial charge in [0, 0.05) is 38.4 Å². The molecule has 1 aliphatic heterocycles. The Hall–Kier alpha value is -1.43. The van der Waals surface area contributed by atoms with Crippen LogP contribution < -0.4 is 5.32 Å². The molecule has 0 unspecified atom stereocenters. The Morgan fingerprint density at radius 2 is 2.16 bits per heavy atom. The van der Waals surface area contributed by atoms with Gasteiger partial charge in [0.1, 0.15) is 5.54 Å². The van der Waals surface area contributed by atoms with Gasteiger partial charge >= 0.3 is 0 Å². The lowest BCUT2D eigenvalue weighted by Gasteiger charge is -2.34. The normalized spacial score (nSPS) is 22.2. The molecule has 2 fully saturated rings. The number of carbonyl (C=O) groups excluding carboxylic acids is 1. The largest absolute Gasteiger partial charge is 0.381 e. The van der Waals surface area contributed by atoms with Crippen LogP contribution >= 0.6 is 0 Å². The van der Waals surface area contributed by atoms with Gasteiger partial charge in [-0.15, -0.1) is 0 Å². The molecular formula is C13H19N3O3. The molecule has 0 bridgehead atoms.